The van der Waals surface area contributed by atoms with Crippen LogP contribution in [0.4, 0.5) is 5.69 Å². The Bertz CT molecular complexity index is 586. The molecule has 2 N–H and O–H groups in total. The van der Waals surface area contributed by atoms with Crippen molar-refractivity contribution < 1.29 is 4.79 Å². The average molecular weight is 345 g/mol. The molecule has 1 aliphatic heterocycles. The van der Waals surface area contributed by atoms with Gasteiger partial charge in [-0.15, -0.1) is 24.8 Å². The molecule has 7 nitrogen and oxygen atoms in total. The molecule has 9 heteroatoms. The zero-order valence-corrected chi connectivity index (χ0v) is 13.4. The summed E-state index contributed by atoms with van der Waals surface area (Å²) in [7, 11) is 0. The summed E-state index contributed by atoms with van der Waals surface area (Å²) in [6, 6.07) is 3.60. The van der Waals surface area contributed by atoms with Crippen molar-refractivity contribution in [3.63, 3.8) is 0 Å². The Balaban J connectivity index is 0.00000121. The van der Waals surface area contributed by atoms with Gasteiger partial charge in [-0.05, 0) is 37.6 Å². The van der Waals surface area contributed by atoms with E-state index in [0.29, 0.717) is 23.8 Å². The summed E-state index contributed by atoms with van der Waals surface area (Å²) in [5, 5.41) is 10.2. The number of anilines is 1. The monoisotopic (exact) mass is 344 g/mol. The van der Waals surface area contributed by atoms with Gasteiger partial charge in [0.2, 0.25) is 5.91 Å². The van der Waals surface area contributed by atoms with E-state index < -0.39 is 0 Å². The Morgan fingerprint density at radius 3 is 3.00 bits per heavy atom. The topological polar surface area (TPSA) is 84.7 Å². The number of rotatable bonds is 4. The van der Waals surface area contributed by atoms with Gasteiger partial charge >= 0.3 is 0 Å². The van der Waals surface area contributed by atoms with Crippen molar-refractivity contribution in [2.45, 2.75) is 12.8 Å². The molecule has 1 amide bonds. The first kappa shape index (κ1) is 18.3. The van der Waals surface area contributed by atoms with E-state index in [1.54, 1.807) is 18.6 Å². The van der Waals surface area contributed by atoms with Crippen LogP contribution in [-0.2, 0) is 4.79 Å². The maximum Gasteiger partial charge on any atom is 0.224 e. The number of hydrogen-bond acceptors (Lipinski definition) is 5. The minimum atomic E-state index is 0. The van der Waals surface area contributed by atoms with Gasteiger partial charge in [-0.3, -0.25) is 4.79 Å². The minimum Gasteiger partial charge on any atom is -0.323 e. The Morgan fingerprint density at radius 2 is 2.32 bits per heavy atom. The zero-order valence-electron chi connectivity index (χ0n) is 11.8. The van der Waals surface area contributed by atoms with Crippen LogP contribution in [0.2, 0.25) is 0 Å². The van der Waals surface area contributed by atoms with Crippen LogP contribution < -0.4 is 10.6 Å². The number of pyridine rings is 1. The molecule has 0 aromatic carbocycles. The van der Waals surface area contributed by atoms with Gasteiger partial charge in [0.1, 0.15) is 12.7 Å². The molecule has 3 heterocycles. The summed E-state index contributed by atoms with van der Waals surface area (Å²) in [4.78, 5) is 20.2. The molecule has 1 fully saturated rings. The Morgan fingerprint density at radius 1 is 1.45 bits per heavy atom. The molecule has 1 atom stereocenters. The lowest BCUT2D eigenvalue weighted by Crippen LogP contribution is -2.19. The van der Waals surface area contributed by atoms with Crippen molar-refractivity contribution in [3.8, 4) is 5.82 Å². The van der Waals surface area contributed by atoms with E-state index >= 15 is 0 Å². The highest BCUT2D eigenvalue weighted by molar-refractivity contribution is 5.92. The van der Waals surface area contributed by atoms with Crippen LogP contribution in [0.15, 0.2) is 31.0 Å². The molecule has 1 aliphatic rings. The maximum atomic E-state index is 12.1. The van der Waals surface area contributed by atoms with Gasteiger partial charge in [0.15, 0.2) is 5.82 Å². The highest BCUT2D eigenvalue weighted by Gasteiger charge is 2.19. The normalized spacial score (nSPS) is 16.5. The lowest BCUT2D eigenvalue weighted by atomic mass is 10.0. The first-order chi connectivity index (χ1) is 9.83. The highest BCUT2D eigenvalue weighted by atomic mass is 35.5. The largest absolute Gasteiger partial charge is 0.323 e. The number of halogens is 2. The Kier molecular flexibility index (Phi) is 7.23. The zero-order chi connectivity index (χ0) is 13.8. The van der Waals surface area contributed by atoms with Crippen LogP contribution in [-0.4, -0.2) is 38.7 Å². The first-order valence-corrected chi connectivity index (χ1v) is 6.63. The molecular formula is C13H18Cl2N6O. The average Bonchev–Trinajstić information content (AvgIpc) is 3.11. The lowest BCUT2D eigenvalue weighted by molar-refractivity contribution is -0.116. The number of aromatic nitrogens is 4. The van der Waals surface area contributed by atoms with Gasteiger partial charge < -0.3 is 10.6 Å². The fourth-order valence-electron chi connectivity index (χ4n) is 2.35. The van der Waals surface area contributed by atoms with E-state index in [4.69, 9.17) is 0 Å². The van der Waals surface area contributed by atoms with Crippen molar-refractivity contribution in [1.82, 2.24) is 25.1 Å². The fourth-order valence-corrected chi connectivity index (χ4v) is 2.35. The van der Waals surface area contributed by atoms with Crippen LogP contribution >= 0.6 is 24.8 Å². The van der Waals surface area contributed by atoms with Crippen LogP contribution in [0.3, 0.4) is 0 Å². The summed E-state index contributed by atoms with van der Waals surface area (Å²) in [5.41, 5.74) is 0.647. The van der Waals surface area contributed by atoms with E-state index in [1.165, 1.54) is 11.0 Å². The summed E-state index contributed by atoms with van der Waals surface area (Å²) in [6.45, 7) is 1.91. The predicted molar refractivity (Wildman–Crippen MR) is 87.9 cm³/mol. The standard InChI is InChI=1S/C13H16N6O.2ClH/c20-12(6-10-3-5-14-7-10)18-11-2-1-4-16-13(11)19-9-15-8-17-19;;/h1-2,4,8-10,14H,3,5-7H2,(H,18,20);2*1H. The molecule has 2 aromatic heterocycles. The predicted octanol–water partition coefficient (Wildman–Crippen LogP) is 1.44. The Hall–Kier alpha value is -1.70. The first-order valence-electron chi connectivity index (χ1n) is 6.63. The third-order valence-corrected chi connectivity index (χ3v) is 3.33. The van der Waals surface area contributed by atoms with Gasteiger partial charge in [0.25, 0.3) is 0 Å². The molecule has 22 heavy (non-hydrogen) atoms. The molecule has 0 aliphatic carbocycles. The quantitative estimate of drug-likeness (QED) is 0.876. The molecule has 0 radical (unpaired) electrons. The van der Waals surface area contributed by atoms with Crippen molar-refractivity contribution >= 4 is 36.4 Å². The molecule has 0 bridgehead atoms. The van der Waals surface area contributed by atoms with Crippen LogP contribution in [0, 0.1) is 5.92 Å². The molecule has 0 spiro atoms. The van der Waals surface area contributed by atoms with Gasteiger partial charge in [0.05, 0.1) is 5.69 Å². The van der Waals surface area contributed by atoms with Gasteiger partial charge in [0, 0.05) is 12.6 Å². The number of carbonyl (C=O) groups excluding carboxylic acids is 1. The fraction of sp³-hybridized carbons (Fsp3) is 0.385. The second kappa shape index (κ2) is 8.67. The molecule has 1 saturated heterocycles. The second-order valence-corrected chi connectivity index (χ2v) is 4.83. The third-order valence-electron chi connectivity index (χ3n) is 3.33. The van der Waals surface area contributed by atoms with E-state index in [-0.39, 0.29) is 30.7 Å². The third kappa shape index (κ3) is 4.40. The van der Waals surface area contributed by atoms with Crippen molar-refractivity contribution in [2.24, 2.45) is 5.92 Å². The van der Waals surface area contributed by atoms with Gasteiger partial charge in [-0.2, -0.15) is 5.10 Å². The summed E-state index contributed by atoms with van der Waals surface area (Å²) in [5.74, 6) is 0.998. The Labute approximate surface area is 140 Å². The number of hydrogen-bond donors (Lipinski definition) is 2. The van der Waals surface area contributed by atoms with E-state index in [1.807, 2.05) is 6.07 Å². The number of carbonyl (C=O) groups is 1. The number of nitrogens with one attached hydrogen (secondary N) is 2. The summed E-state index contributed by atoms with van der Waals surface area (Å²) in [6.07, 6.45) is 6.23. The molecular weight excluding hydrogens is 327 g/mol. The van der Waals surface area contributed by atoms with Crippen molar-refractivity contribution in [1.29, 1.82) is 0 Å². The van der Waals surface area contributed by atoms with E-state index in [9.17, 15) is 4.79 Å². The van der Waals surface area contributed by atoms with E-state index in [2.05, 4.69) is 25.7 Å². The van der Waals surface area contributed by atoms with Gasteiger partial charge in [-0.1, -0.05) is 0 Å². The lowest BCUT2D eigenvalue weighted by Gasteiger charge is -2.11. The molecule has 2 aromatic rings. The van der Waals surface area contributed by atoms with Crippen LogP contribution in [0.1, 0.15) is 12.8 Å². The highest BCUT2D eigenvalue weighted by Crippen LogP contribution is 2.18. The number of amides is 1. The van der Waals surface area contributed by atoms with Crippen LogP contribution in [0.25, 0.3) is 5.82 Å². The number of nitrogens with zero attached hydrogens (tertiary/aromatic N) is 4. The molecule has 3 rings (SSSR count). The SMILES string of the molecule is Cl.Cl.O=C(CC1CCNC1)Nc1cccnc1-n1cncn1. The summed E-state index contributed by atoms with van der Waals surface area (Å²) < 4.78 is 1.53. The van der Waals surface area contributed by atoms with E-state index in [0.717, 1.165) is 19.5 Å². The maximum absolute atomic E-state index is 12.1. The van der Waals surface area contributed by atoms with Crippen molar-refractivity contribution in [3.05, 3.63) is 31.0 Å². The second-order valence-electron chi connectivity index (χ2n) is 4.83. The van der Waals surface area contributed by atoms with Gasteiger partial charge in [-0.25, -0.2) is 14.6 Å². The van der Waals surface area contributed by atoms with Crippen molar-refractivity contribution in [2.75, 3.05) is 18.4 Å². The minimum absolute atomic E-state index is 0. The smallest absolute Gasteiger partial charge is 0.224 e. The van der Waals surface area contributed by atoms with Crippen LogP contribution in [0.5, 0.6) is 0 Å². The molecule has 1 unspecified atom stereocenters. The molecule has 0 saturated carbocycles. The summed E-state index contributed by atoms with van der Waals surface area (Å²) >= 11 is 0. The molecule has 120 valence electrons.